The summed E-state index contributed by atoms with van der Waals surface area (Å²) in [4.78, 5) is 11.3. The second kappa shape index (κ2) is 5.87. The van der Waals surface area contributed by atoms with Gasteiger partial charge in [0.25, 0.3) is 0 Å². The molecule has 0 spiro atoms. The van der Waals surface area contributed by atoms with E-state index in [2.05, 4.69) is 39.5 Å². The third-order valence-electron chi connectivity index (χ3n) is 4.13. The zero-order valence-electron chi connectivity index (χ0n) is 12.6. The largest absolute Gasteiger partial charge is 0.367 e. The van der Waals surface area contributed by atoms with Crippen LogP contribution in [0.3, 0.4) is 0 Å². The van der Waals surface area contributed by atoms with Crippen molar-refractivity contribution in [1.82, 2.24) is 19.3 Å². The zero-order chi connectivity index (χ0) is 14.8. The molecule has 3 heterocycles. The minimum Gasteiger partial charge on any atom is -0.367 e. The maximum absolute atomic E-state index is 5.47. The number of fused-ring (bicyclic) bond motifs is 1. The van der Waals surface area contributed by atoms with E-state index in [4.69, 9.17) is 5.84 Å². The predicted octanol–water partition coefficient (Wildman–Crippen LogP) is 1.16. The van der Waals surface area contributed by atoms with Crippen molar-refractivity contribution in [2.24, 2.45) is 11.8 Å². The highest BCUT2D eigenvalue weighted by atomic mass is 15.3. The van der Waals surface area contributed by atoms with Gasteiger partial charge in [-0.05, 0) is 32.7 Å². The molecule has 21 heavy (non-hydrogen) atoms. The van der Waals surface area contributed by atoms with Gasteiger partial charge in [0.1, 0.15) is 0 Å². The molecule has 1 saturated heterocycles. The van der Waals surface area contributed by atoms with Crippen molar-refractivity contribution in [3.05, 3.63) is 18.6 Å². The fourth-order valence-electron chi connectivity index (χ4n) is 2.86. The van der Waals surface area contributed by atoms with Crippen LogP contribution >= 0.6 is 0 Å². The second-order valence-corrected chi connectivity index (χ2v) is 5.90. The lowest BCUT2D eigenvalue weighted by molar-refractivity contribution is 0.266. The zero-order valence-corrected chi connectivity index (χ0v) is 12.6. The van der Waals surface area contributed by atoms with E-state index in [9.17, 15) is 0 Å². The Labute approximate surface area is 124 Å². The molecule has 0 aliphatic carbocycles. The van der Waals surface area contributed by atoms with E-state index < -0.39 is 0 Å². The number of nitrogens with one attached hydrogen (secondary N) is 2. The first-order valence-electron chi connectivity index (χ1n) is 7.45. The van der Waals surface area contributed by atoms with Gasteiger partial charge in [0.2, 0.25) is 0 Å². The molecule has 2 aromatic heterocycles. The van der Waals surface area contributed by atoms with Gasteiger partial charge in [-0.3, -0.25) is 0 Å². The lowest BCUT2D eigenvalue weighted by Gasteiger charge is -2.20. The van der Waals surface area contributed by atoms with Gasteiger partial charge in [-0.2, -0.15) is 0 Å². The number of hydrogen-bond acceptors (Lipinski definition) is 6. The topological polar surface area (TPSA) is 83.5 Å². The number of likely N-dealkylation sites (tertiary alicyclic amines) is 1. The molecule has 0 radical (unpaired) electrons. The summed E-state index contributed by atoms with van der Waals surface area (Å²) < 4.78 is 1.92. The lowest BCUT2D eigenvalue weighted by atomic mass is 10.1. The average Bonchev–Trinajstić information content (AvgIpc) is 3.13. The smallest absolute Gasteiger partial charge is 0.180 e. The summed E-state index contributed by atoms with van der Waals surface area (Å²) in [6, 6.07) is 0.622. The van der Waals surface area contributed by atoms with E-state index in [1.54, 1.807) is 6.20 Å². The first-order chi connectivity index (χ1) is 10.2. The Balaban J connectivity index is 1.69. The van der Waals surface area contributed by atoms with Crippen LogP contribution in [0.2, 0.25) is 0 Å². The van der Waals surface area contributed by atoms with Crippen molar-refractivity contribution in [2.75, 3.05) is 30.4 Å². The molecule has 2 aromatic rings. The van der Waals surface area contributed by atoms with Crippen LogP contribution in [-0.2, 0) is 0 Å². The molecule has 3 rings (SSSR count). The van der Waals surface area contributed by atoms with E-state index in [0.29, 0.717) is 17.8 Å². The van der Waals surface area contributed by atoms with Gasteiger partial charge in [0.15, 0.2) is 17.3 Å². The molecule has 1 aliphatic rings. The van der Waals surface area contributed by atoms with Crippen LogP contribution in [0, 0.1) is 5.92 Å². The standard InChI is InChI=1S/C14H23N7/c1-10(2)20-5-3-11(8-20)7-17-13-14-16-4-6-21(14)9-12(18-13)19-15/h4,6,9-11,19H,3,5,7-8,15H2,1-2H3,(H,17,18). The van der Waals surface area contributed by atoms with Gasteiger partial charge < -0.3 is 20.0 Å². The Bertz CT molecular complexity index is 606. The second-order valence-electron chi connectivity index (χ2n) is 5.90. The number of hydrazine groups is 1. The summed E-state index contributed by atoms with van der Waals surface area (Å²) >= 11 is 0. The molecule has 4 N–H and O–H groups in total. The van der Waals surface area contributed by atoms with Crippen LogP contribution in [0.15, 0.2) is 18.6 Å². The van der Waals surface area contributed by atoms with Crippen LogP contribution < -0.4 is 16.6 Å². The molecule has 0 amide bonds. The quantitative estimate of drug-likeness (QED) is 0.566. The van der Waals surface area contributed by atoms with Crippen LogP contribution in [0.25, 0.3) is 5.65 Å². The average molecular weight is 289 g/mol. The Morgan fingerprint density at radius 2 is 2.33 bits per heavy atom. The van der Waals surface area contributed by atoms with Crippen molar-refractivity contribution >= 4 is 17.3 Å². The molecular formula is C14H23N7. The molecule has 0 aromatic carbocycles. The van der Waals surface area contributed by atoms with Crippen LogP contribution in [0.4, 0.5) is 11.6 Å². The van der Waals surface area contributed by atoms with Crippen molar-refractivity contribution in [3.63, 3.8) is 0 Å². The monoisotopic (exact) mass is 289 g/mol. The molecule has 7 heteroatoms. The number of aromatic nitrogens is 3. The first kappa shape index (κ1) is 14.1. The number of rotatable bonds is 5. The van der Waals surface area contributed by atoms with E-state index in [1.807, 2.05) is 16.8 Å². The van der Waals surface area contributed by atoms with Crippen LogP contribution in [0.1, 0.15) is 20.3 Å². The van der Waals surface area contributed by atoms with Crippen LogP contribution in [0.5, 0.6) is 0 Å². The van der Waals surface area contributed by atoms with Gasteiger partial charge >= 0.3 is 0 Å². The molecule has 0 bridgehead atoms. The number of nitrogens with two attached hydrogens (primary N) is 1. The van der Waals surface area contributed by atoms with Gasteiger partial charge in [-0.1, -0.05) is 0 Å². The molecule has 7 nitrogen and oxygen atoms in total. The van der Waals surface area contributed by atoms with E-state index in [-0.39, 0.29) is 0 Å². The van der Waals surface area contributed by atoms with E-state index in [1.165, 1.54) is 13.0 Å². The van der Waals surface area contributed by atoms with Gasteiger partial charge in [-0.15, -0.1) is 0 Å². The maximum Gasteiger partial charge on any atom is 0.180 e. The number of anilines is 2. The fourth-order valence-corrected chi connectivity index (χ4v) is 2.86. The Morgan fingerprint density at radius 3 is 3.05 bits per heavy atom. The molecule has 114 valence electrons. The normalized spacial score (nSPS) is 19.5. The summed E-state index contributed by atoms with van der Waals surface area (Å²) in [5, 5.41) is 3.43. The number of nitrogen functional groups attached to an aromatic ring is 1. The summed E-state index contributed by atoms with van der Waals surface area (Å²) in [5.41, 5.74) is 3.42. The van der Waals surface area contributed by atoms with E-state index in [0.717, 1.165) is 24.6 Å². The molecule has 0 saturated carbocycles. The highest BCUT2D eigenvalue weighted by molar-refractivity contribution is 5.65. The summed E-state index contributed by atoms with van der Waals surface area (Å²) in [6.07, 6.45) is 6.70. The van der Waals surface area contributed by atoms with Crippen molar-refractivity contribution in [3.8, 4) is 0 Å². The van der Waals surface area contributed by atoms with Crippen molar-refractivity contribution < 1.29 is 0 Å². The minimum absolute atomic E-state index is 0.622. The number of hydrogen-bond donors (Lipinski definition) is 3. The van der Waals surface area contributed by atoms with Crippen LogP contribution in [-0.4, -0.2) is 44.9 Å². The van der Waals surface area contributed by atoms with Gasteiger partial charge in [-0.25, -0.2) is 15.8 Å². The molecule has 1 unspecified atom stereocenters. The molecular weight excluding hydrogens is 266 g/mol. The Kier molecular flexibility index (Phi) is 3.94. The van der Waals surface area contributed by atoms with E-state index >= 15 is 0 Å². The molecule has 1 fully saturated rings. The Hall–Kier alpha value is -1.86. The molecule has 1 atom stereocenters. The summed E-state index contributed by atoms with van der Waals surface area (Å²) in [6.45, 7) is 7.74. The van der Waals surface area contributed by atoms with Crippen molar-refractivity contribution in [2.45, 2.75) is 26.3 Å². The fraction of sp³-hybridized carbons (Fsp3) is 0.571. The third kappa shape index (κ3) is 2.93. The summed E-state index contributed by atoms with van der Waals surface area (Å²) in [5.74, 6) is 7.52. The minimum atomic E-state index is 0.622. The summed E-state index contributed by atoms with van der Waals surface area (Å²) in [7, 11) is 0. The predicted molar refractivity (Wildman–Crippen MR) is 84.1 cm³/mol. The highest BCUT2D eigenvalue weighted by Crippen LogP contribution is 2.21. The number of imidazole rings is 1. The number of nitrogens with zero attached hydrogens (tertiary/aromatic N) is 4. The first-order valence-corrected chi connectivity index (χ1v) is 7.45. The third-order valence-corrected chi connectivity index (χ3v) is 4.13. The maximum atomic E-state index is 5.47. The van der Waals surface area contributed by atoms with Gasteiger partial charge in [0.05, 0.1) is 6.20 Å². The Morgan fingerprint density at radius 1 is 1.48 bits per heavy atom. The van der Waals surface area contributed by atoms with Gasteiger partial charge in [0, 0.05) is 31.5 Å². The van der Waals surface area contributed by atoms with Crippen molar-refractivity contribution in [1.29, 1.82) is 0 Å². The lowest BCUT2D eigenvalue weighted by Crippen LogP contribution is -2.29. The highest BCUT2D eigenvalue weighted by Gasteiger charge is 2.24. The SMILES string of the molecule is CC(C)N1CCC(CNc2nc(NN)cn3ccnc23)C1. The molecule has 1 aliphatic heterocycles.